The van der Waals surface area contributed by atoms with Crippen LogP contribution in [0.4, 0.5) is 0 Å². The highest BCUT2D eigenvalue weighted by Crippen LogP contribution is 2.12. The van der Waals surface area contributed by atoms with Gasteiger partial charge in [-0.25, -0.2) is 13.1 Å². The Morgan fingerprint density at radius 3 is 2.27 bits per heavy atom. The van der Waals surface area contributed by atoms with E-state index in [0.717, 1.165) is 6.26 Å². The number of sulfonamides is 1. The Bertz CT molecular complexity index is 311. The van der Waals surface area contributed by atoms with Gasteiger partial charge < -0.3 is 10.4 Å². The van der Waals surface area contributed by atoms with Gasteiger partial charge in [-0.05, 0) is 13.8 Å². The van der Waals surface area contributed by atoms with Gasteiger partial charge in [0.05, 0.1) is 11.7 Å². The van der Waals surface area contributed by atoms with E-state index in [1.54, 1.807) is 13.8 Å². The van der Waals surface area contributed by atoms with E-state index in [4.69, 9.17) is 5.11 Å². The van der Waals surface area contributed by atoms with E-state index < -0.39 is 21.4 Å². The van der Waals surface area contributed by atoms with Gasteiger partial charge in [0.2, 0.25) is 10.0 Å². The normalized spacial score (nSPS) is 12.7. The lowest BCUT2D eigenvalue weighted by atomic mass is 9.94. The molecule has 0 radical (unpaired) electrons. The number of rotatable bonds is 7. The summed E-state index contributed by atoms with van der Waals surface area (Å²) in [5, 5.41) is 11.6. The van der Waals surface area contributed by atoms with Crippen molar-refractivity contribution in [2.75, 3.05) is 25.9 Å². The van der Waals surface area contributed by atoms with Crippen LogP contribution in [0.2, 0.25) is 0 Å². The van der Waals surface area contributed by atoms with Crippen molar-refractivity contribution in [2.24, 2.45) is 5.41 Å². The van der Waals surface area contributed by atoms with Crippen LogP contribution in [0.15, 0.2) is 0 Å². The number of carboxylic acid groups (broad SMARTS) is 1. The molecule has 6 nitrogen and oxygen atoms in total. The van der Waals surface area contributed by atoms with Crippen LogP contribution in [0, 0.1) is 5.41 Å². The van der Waals surface area contributed by atoms with Gasteiger partial charge in [0, 0.05) is 19.6 Å². The molecule has 0 aromatic heterocycles. The minimum atomic E-state index is -3.16. The van der Waals surface area contributed by atoms with Gasteiger partial charge in [0.15, 0.2) is 0 Å². The van der Waals surface area contributed by atoms with Crippen LogP contribution >= 0.6 is 0 Å². The summed E-state index contributed by atoms with van der Waals surface area (Å²) in [5.41, 5.74) is -0.842. The topological polar surface area (TPSA) is 95.5 Å². The molecule has 0 heterocycles. The van der Waals surface area contributed by atoms with Crippen LogP contribution < -0.4 is 10.0 Å². The minimum Gasteiger partial charge on any atom is -0.481 e. The highest BCUT2D eigenvalue weighted by molar-refractivity contribution is 7.88. The zero-order valence-electron chi connectivity index (χ0n) is 9.20. The molecular weight excluding hydrogens is 220 g/mol. The highest BCUT2D eigenvalue weighted by atomic mass is 32.2. The fourth-order valence-electron chi connectivity index (χ4n) is 0.801. The van der Waals surface area contributed by atoms with E-state index >= 15 is 0 Å². The summed E-state index contributed by atoms with van der Waals surface area (Å²) in [4.78, 5) is 10.7. The van der Waals surface area contributed by atoms with Gasteiger partial charge in [-0.3, -0.25) is 4.79 Å². The second-order valence-electron chi connectivity index (χ2n) is 4.03. The van der Waals surface area contributed by atoms with Crippen LogP contribution in [-0.2, 0) is 14.8 Å². The van der Waals surface area contributed by atoms with E-state index in [1.807, 2.05) is 0 Å². The lowest BCUT2D eigenvalue weighted by molar-refractivity contribution is -0.146. The molecule has 0 atom stereocenters. The summed E-state index contributed by atoms with van der Waals surface area (Å²) in [6.07, 6.45) is 1.08. The summed E-state index contributed by atoms with van der Waals surface area (Å²) in [6, 6.07) is 0. The Morgan fingerprint density at radius 1 is 1.33 bits per heavy atom. The quantitative estimate of drug-likeness (QED) is 0.506. The molecule has 7 heteroatoms. The molecule has 90 valence electrons. The lowest BCUT2D eigenvalue weighted by Crippen LogP contribution is -2.39. The third kappa shape index (κ3) is 7.29. The fraction of sp³-hybridized carbons (Fsp3) is 0.875. The largest absolute Gasteiger partial charge is 0.481 e. The van der Waals surface area contributed by atoms with E-state index in [-0.39, 0.29) is 6.54 Å². The molecule has 0 saturated carbocycles. The van der Waals surface area contributed by atoms with Crippen molar-refractivity contribution in [2.45, 2.75) is 13.8 Å². The molecule has 0 spiro atoms. The zero-order chi connectivity index (χ0) is 12.1. The van der Waals surface area contributed by atoms with E-state index in [1.165, 1.54) is 0 Å². The summed E-state index contributed by atoms with van der Waals surface area (Å²) >= 11 is 0. The summed E-state index contributed by atoms with van der Waals surface area (Å²) in [5.74, 6) is -0.883. The highest BCUT2D eigenvalue weighted by Gasteiger charge is 2.26. The number of hydrogen-bond acceptors (Lipinski definition) is 4. The number of nitrogens with one attached hydrogen (secondary N) is 2. The van der Waals surface area contributed by atoms with Crippen LogP contribution in [-0.4, -0.2) is 45.4 Å². The van der Waals surface area contributed by atoms with Crippen LogP contribution in [0.5, 0.6) is 0 Å². The first kappa shape index (κ1) is 14.3. The van der Waals surface area contributed by atoms with Crippen molar-refractivity contribution in [1.29, 1.82) is 0 Å². The lowest BCUT2D eigenvalue weighted by Gasteiger charge is -2.19. The van der Waals surface area contributed by atoms with E-state index in [9.17, 15) is 13.2 Å². The first-order valence-electron chi connectivity index (χ1n) is 4.54. The molecule has 0 aromatic carbocycles. The molecule has 0 aliphatic rings. The molecule has 0 amide bonds. The minimum absolute atomic E-state index is 0.258. The van der Waals surface area contributed by atoms with Gasteiger partial charge in [0.1, 0.15) is 0 Å². The maximum atomic E-state index is 10.7. The van der Waals surface area contributed by atoms with E-state index in [2.05, 4.69) is 10.0 Å². The Labute approximate surface area is 90.1 Å². The molecule has 15 heavy (non-hydrogen) atoms. The second-order valence-corrected chi connectivity index (χ2v) is 5.87. The molecule has 3 N–H and O–H groups in total. The molecular formula is C8H18N2O4S. The first-order chi connectivity index (χ1) is 6.65. The average Bonchev–Trinajstić information content (AvgIpc) is 2.00. The van der Waals surface area contributed by atoms with Gasteiger partial charge in [-0.1, -0.05) is 0 Å². The maximum absolute atomic E-state index is 10.7. The molecule has 0 fully saturated rings. The monoisotopic (exact) mass is 238 g/mol. The Hall–Kier alpha value is -0.660. The van der Waals surface area contributed by atoms with Crippen LogP contribution in [0.1, 0.15) is 13.8 Å². The van der Waals surface area contributed by atoms with Crippen molar-refractivity contribution in [3.05, 3.63) is 0 Å². The van der Waals surface area contributed by atoms with Crippen LogP contribution in [0.3, 0.4) is 0 Å². The first-order valence-corrected chi connectivity index (χ1v) is 6.43. The molecule has 0 aliphatic carbocycles. The SMILES string of the molecule is CC(C)(CNCCNS(C)(=O)=O)C(=O)O. The number of carboxylic acids is 1. The Kier molecular flexibility index (Phi) is 5.19. The predicted octanol–water partition coefficient (Wildman–Crippen LogP) is -0.764. The van der Waals surface area contributed by atoms with Crippen LogP contribution in [0.25, 0.3) is 0 Å². The van der Waals surface area contributed by atoms with Gasteiger partial charge in [-0.15, -0.1) is 0 Å². The molecule has 0 unspecified atom stereocenters. The third-order valence-electron chi connectivity index (χ3n) is 1.81. The fourth-order valence-corrected chi connectivity index (χ4v) is 1.27. The molecule has 0 aliphatic heterocycles. The maximum Gasteiger partial charge on any atom is 0.310 e. The number of carbonyl (C=O) groups is 1. The standard InChI is InChI=1S/C8H18N2O4S/c1-8(2,7(11)12)6-9-4-5-10-15(3,13)14/h9-10H,4-6H2,1-3H3,(H,11,12). The summed E-state index contributed by atoms with van der Waals surface area (Å²) < 4.78 is 23.6. The zero-order valence-corrected chi connectivity index (χ0v) is 10.0. The molecule has 0 rings (SSSR count). The molecule has 0 bridgehead atoms. The van der Waals surface area contributed by atoms with Crippen molar-refractivity contribution >= 4 is 16.0 Å². The van der Waals surface area contributed by atoms with E-state index in [0.29, 0.717) is 13.1 Å². The van der Waals surface area contributed by atoms with Gasteiger partial charge in [-0.2, -0.15) is 0 Å². The van der Waals surface area contributed by atoms with Crippen molar-refractivity contribution in [3.63, 3.8) is 0 Å². The third-order valence-corrected chi connectivity index (χ3v) is 2.54. The predicted molar refractivity (Wildman–Crippen MR) is 57.1 cm³/mol. The molecule has 0 aromatic rings. The Balaban J connectivity index is 3.69. The number of hydrogen-bond donors (Lipinski definition) is 3. The molecule has 0 saturated heterocycles. The van der Waals surface area contributed by atoms with Gasteiger partial charge >= 0.3 is 5.97 Å². The average molecular weight is 238 g/mol. The number of aliphatic carboxylic acids is 1. The Morgan fingerprint density at radius 2 is 1.87 bits per heavy atom. The van der Waals surface area contributed by atoms with Crippen molar-refractivity contribution in [3.8, 4) is 0 Å². The van der Waals surface area contributed by atoms with Crippen molar-refractivity contribution < 1.29 is 18.3 Å². The summed E-state index contributed by atoms with van der Waals surface area (Å²) in [6.45, 7) is 4.17. The van der Waals surface area contributed by atoms with Gasteiger partial charge in [0.25, 0.3) is 0 Å². The van der Waals surface area contributed by atoms with Crippen molar-refractivity contribution in [1.82, 2.24) is 10.0 Å². The smallest absolute Gasteiger partial charge is 0.310 e. The second kappa shape index (κ2) is 5.43. The summed E-state index contributed by atoms with van der Waals surface area (Å²) in [7, 11) is -3.16.